The fourth-order valence-corrected chi connectivity index (χ4v) is 4.10. The van der Waals surface area contributed by atoms with Crippen molar-refractivity contribution in [2.75, 3.05) is 45.9 Å². The number of hydrogen-bond donors (Lipinski definition) is 2. The number of ether oxygens (including phenoxy) is 1. The number of nitrogens with one attached hydrogen (secondary N) is 2. The Labute approximate surface area is 193 Å². The summed E-state index contributed by atoms with van der Waals surface area (Å²) in [4.78, 5) is 8.65. The lowest BCUT2D eigenvalue weighted by atomic mass is 10.1. The summed E-state index contributed by atoms with van der Waals surface area (Å²) in [5.41, 5.74) is 1.11. The molecule has 1 aliphatic rings. The molecule has 2 N–H and O–H groups in total. The first-order chi connectivity index (χ1) is 13.8. The van der Waals surface area contributed by atoms with Crippen LogP contribution in [0.25, 0.3) is 0 Å². The molecule has 1 aliphatic heterocycles. The molecule has 8 heteroatoms. The van der Waals surface area contributed by atoms with E-state index in [0.717, 1.165) is 57.3 Å². The molecule has 1 aromatic heterocycles. The number of thiophene rings is 1. The Bertz CT molecular complexity index is 721. The SMILES string of the molecule is CCNC(=NCC(c1cccs1)N1CCOCC1)NCCc1ccc(F)cc1.I. The number of rotatable bonds is 8. The van der Waals surface area contributed by atoms with Crippen LogP contribution in [0.3, 0.4) is 0 Å². The number of aliphatic imine (C=N–C) groups is 1. The van der Waals surface area contributed by atoms with Gasteiger partial charge < -0.3 is 15.4 Å². The van der Waals surface area contributed by atoms with Crippen molar-refractivity contribution in [2.45, 2.75) is 19.4 Å². The zero-order valence-electron chi connectivity index (χ0n) is 16.8. The molecule has 0 amide bonds. The van der Waals surface area contributed by atoms with Gasteiger partial charge in [-0.05, 0) is 42.5 Å². The van der Waals surface area contributed by atoms with Gasteiger partial charge in [-0.2, -0.15) is 0 Å². The van der Waals surface area contributed by atoms with Crippen LogP contribution in [-0.2, 0) is 11.2 Å². The third-order valence-corrected chi connectivity index (χ3v) is 5.72. The number of guanidine groups is 1. The maximum Gasteiger partial charge on any atom is 0.191 e. The molecule has 2 aromatic rings. The zero-order chi connectivity index (χ0) is 19.6. The van der Waals surface area contributed by atoms with Gasteiger partial charge in [-0.3, -0.25) is 9.89 Å². The fraction of sp³-hybridized carbons (Fsp3) is 0.476. The Morgan fingerprint density at radius 3 is 2.62 bits per heavy atom. The molecule has 1 unspecified atom stereocenters. The first-order valence-electron chi connectivity index (χ1n) is 9.88. The van der Waals surface area contributed by atoms with Crippen molar-refractivity contribution in [3.63, 3.8) is 0 Å². The van der Waals surface area contributed by atoms with E-state index in [2.05, 4.69) is 40.0 Å². The highest BCUT2D eigenvalue weighted by atomic mass is 127. The molecule has 1 fully saturated rings. The molecule has 0 bridgehead atoms. The van der Waals surface area contributed by atoms with Gasteiger partial charge in [0, 0.05) is 31.1 Å². The van der Waals surface area contributed by atoms with Crippen molar-refractivity contribution in [2.24, 2.45) is 4.99 Å². The lowest BCUT2D eigenvalue weighted by molar-refractivity contribution is 0.0186. The Morgan fingerprint density at radius 1 is 1.21 bits per heavy atom. The van der Waals surface area contributed by atoms with E-state index >= 15 is 0 Å². The molecule has 5 nitrogen and oxygen atoms in total. The Kier molecular flexibility index (Phi) is 10.9. The summed E-state index contributed by atoms with van der Waals surface area (Å²) in [6.45, 7) is 7.76. The van der Waals surface area contributed by atoms with Crippen molar-refractivity contribution in [3.05, 3.63) is 58.0 Å². The Hall–Kier alpha value is -1.23. The van der Waals surface area contributed by atoms with Crippen LogP contribution in [0.4, 0.5) is 4.39 Å². The van der Waals surface area contributed by atoms with E-state index in [0.29, 0.717) is 6.54 Å². The molecule has 160 valence electrons. The van der Waals surface area contributed by atoms with Crippen LogP contribution >= 0.6 is 35.3 Å². The van der Waals surface area contributed by atoms with Gasteiger partial charge in [-0.1, -0.05) is 18.2 Å². The molecular formula is C21H30FIN4OS. The molecule has 29 heavy (non-hydrogen) atoms. The van der Waals surface area contributed by atoms with Crippen LogP contribution in [0, 0.1) is 5.82 Å². The van der Waals surface area contributed by atoms with Crippen molar-refractivity contribution in [1.82, 2.24) is 15.5 Å². The Balaban J connectivity index is 0.00000300. The summed E-state index contributed by atoms with van der Waals surface area (Å²) >= 11 is 1.78. The van der Waals surface area contributed by atoms with Crippen LogP contribution in [0.15, 0.2) is 46.8 Å². The van der Waals surface area contributed by atoms with Gasteiger partial charge in [0.15, 0.2) is 5.96 Å². The average Bonchev–Trinajstić information content (AvgIpc) is 3.25. The number of nitrogens with zero attached hydrogens (tertiary/aromatic N) is 2. The highest BCUT2D eigenvalue weighted by Gasteiger charge is 2.23. The fourth-order valence-electron chi connectivity index (χ4n) is 3.25. The van der Waals surface area contributed by atoms with Gasteiger partial charge in [0.1, 0.15) is 5.82 Å². The van der Waals surface area contributed by atoms with Gasteiger partial charge in [-0.15, -0.1) is 35.3 Å². The molecule has 3 rings (SSSR count). The third kappa shape index (κ3) is 7.84. The second kappa shape index (κ2) is 13.1. The topological polar surface area (TPSA) is 48.9 Å². The highest BCUT2D eigenvalue weighted by Crippen LogP contribution is 2.26. The molecule has 0 radical (unpaired) electrons. The predicted molar refractivity (Wildman–Crippen MR) is 129 cm³/mol. The highest BCUT2D eigenvalue weighted by molar-refractivity contribution is 14.0. The van der Waals surface area contributed by atoms with E-state index < -0.39 is 0 Å². The van der Waals surface area contributed by atoms with Gasteiger partial charge in [0.25, 0.3) is 0 Å². The second-order valence-electron chi connectivity index (χ2n) is 6.70. The largest absolute Gasteiger partial charge is 0.379 e. The van der Waals surface area contributed by atoms with Crippen LogP contribution in [0.2, 0.25) is 0 Å². The molecule has 1 atom stereocenters. The van der Waals surface area contributed by atoms with Crippen LogP contribution < -0.4 is 10.6 Å². The number of morpholine rings is 1. The molecular weight excluding hydrogens is 502 g/mol. The van der Waals surface area contributed by atoms with Crippen molar-refractivity contribution < 1.29 is 9.13 Å². The number of hydrogen-bond acceptors (Lipinski definition) is 4. The van der Waals surface area contributed by atoms with Gasteiger partial charge in [0.05, 0.1) is 25.8 Å². The predicted octanol–water partition coefficient (Wildman–Crippen LogP) is 3.68. The van der Waals surface area contributed by atoms with E-state index in [1.165, 1.54) is 17.0 Å². The van der Waals surface area contributed by atoms with E-state index in [-0.39, 0.29) is 35.8 Å². The van der Waals surface area contributed by atoms with E-state index in [4.69, 9.17) is 9.73 Å². The smallest absolute Gasteiger partial charge is 0.191 e. The minimum absolute atomic E-state index is 0. The normalized spacial score (nSPS) is 16.1. The summed E-state index contributed by atoms with van der Waals surface area (Å²) in [5, 5.41) is 8.84. The van der Waals surface area contributed by atoms with E-state index in [1.54, 1.807) is 11.3 Å². The summed E-state index contributed by atoms with van der Waals surface area (Å²) in [6, 6.07) is 11.2. The van der Waals surface area contributed by atoms with E-state index in [9.17, 15) is 4.39 Å². The lowest BCUT2D eigenvalue weighted by Crippen LogP contribution is -2.42. The van der Waals surface area contributed by atoms with Crippen molar-refractivity contribution in [1.29, 1.82) is 0 Å². The monoisotopic (exact) mass is 532 g/mol. The molecule has 1 aromatic carbocycles. The van der Waals surface area contributed by atoms with Crippen molar-refractivity contribution in [3.8, 4) is 0 Å². The van der Waals surface area contributed by atoms with Crippen LogP contribution in [-0.4, -0.2) is 56.8 Å². The summed E-state index contributed by atoms with van der Waals surface area (Å²) in [7, 11) is 0. The minimum atomic E-state index is -0.200. The maximum absolute atomic E-state index is 13.0. The van der Waals surface area contributed by atoms with E-state index in [1.807, 2.05) is 12.1 Å². The average molecular weight is 532 g/mol. The summed E-state index contributed by atoms with van der Waals surface area (Å²) in [6.07, 6.45) is 0.822. The van der Waals surface area contributed by atoms with Crippen LogP contribution in [0.1, 0.15) is 23.4 Å². The van der Waals surface area contributed by atoms with Gasteiger partial charge in [-0.25, -0.2) is 4.39 Å². The third-order valence-electron chi connectivity index (χ3n) is 4.74. The summed E-state index contributed by atoms with van der Waals surface area (Å²) < 4.78 is 18.5. The standard InChI is InChI=1S/C21H29FN4OS.HI/c1-2-23-21(24-10-9-17-5-7-18(22)8-6-17)25-16-19(20-4-3-15-28-20)26-11-13-27-14-12-26;/h3-8,15,19H,2,9-14,16H2,1H3,(H2,23,24,25);1H. The summed E-state index contributed by atoms with van der Waals surface area (Å²) in [5.74, 6) is 0.619. The quantitative estimate of drug-likeness (QED) is 0.310. The molecule has 0 spiro atoms. The number of halogens is 2. The molecule has 0 aliphatic carbocycles. The second-order valence-corrected chi connectivity index (χ2v) is 7.68. The molecule has 0 saturated carbocycles. The van der Waals surface area contributed by atoms with Crippen LogP contribution in [0.5, 0.6) is 0 Å². The maximum atomic E-state index is 13.0. The molecule has 1 saturated heterocycles. The first kappa shape index (κ1) is 24.0. The Morgan fingerprint density at radius 2 is 1.97 bits per heavy atom. The number of benzene rings is 1. The minimum Gasteiger partial charge on any atom is -0.379 e. The molecule has 2 heterocycles. The van der Waals surface area contributed by atoms with Gasteiger partial charge >= 0.3 is 0 Å². The van der Waals surface area contributed by atoms with Gasteiger partial charge in [0.2, 0.25) is 0 Å². The zero-order valence-corrected chi connectivity index (χ0v) is 19.9. The van der Waals surface area contributed by atoms with Crippen molar-refractivity contribution >= 4 is 41.3 Å². The lowest BCUT2D eigenvalue weighted by Gasteiger charge is -2.33. The first-order valence-corrected chi connectivity index (χ1v) is 10.8.